The van der Waals surface area contributed by atoms with Gasteiger partial charge in [-0.25, -0.2) is 4.98 Å². The number of aromatic nitrogens is 3. The van der Waals surface area contributed by atoms with Crippen molar-refractivity contribution in [3.63, 3.8) is 0 Å². The molecule has 4 aromatic rings. The van der Waals surface area contributed by atoms with Gasteiger partial charge in [-0.1, -0.05) is 42.5 Å². The molecular weight excluding hydrogens is 356 g/mol. The highest BCUT2D eigenvalue weighted by Crippen LogP contribution is 2.44. The highest BCUT2D eigenvalue weighted by atomic mass is 15.2. The van der Waals surface area contributed by atoms with Crippen LogP contribution in [0.2, 0.25) is 0 Å². The van der Waals surface area contributed by atoms with Crippen molar-refractivity contribution in [2.24, 2.45) is 5.92 Å². The number of fused-ring (bicyclic) bond motifs is 2. The molecule has 1 saturated heterocycles. The topological polar surface area (TPSA) is 36.9 Å². The van der Waals surface area contributed by atoms with Gasteiger partial charge in [-0.05, 0) is 43.0 Å². The van der Waals surface area contributed by atoms with Gasteiger partial charge in [0.05, 0.1) is 0 Å². The quantitative estimate of drug-likeness (QED) is 0.558. The molecule has 2 aliphatic rings. The Labute approximate surface area is 171 Å². The molecule has 0 spiro atoms. The monoisotopic (exact) mass is 382 g/mol. The lowest BCUT2D eigenvalue weighted by Gasteiger charge is -2.45. The lowest BCUT2D eigenvalue weighted by atomic mass is 9.72. The van der Waals surface area contributed by atoms with Crippen molar-refractivity contribution in [2.45, 2.75) is 31.3 Å². The van der Waals surface area contributed by atoms with Crippen LogP contribution in [-0.4, -0.2) is 39.1 Å². The number of nitrogens with one attached hydrogen (secondary N) is 1. The van der Waals surface area contributed by atoms with Gasteiger partial charge in [-0.2, -0.15) is 0 Å². The van der Waals surface area contributed by atoms with Crippen LogP contribution in [0.25, 0.3) is 22.3 Å². The molecule has 0 unspecified atom stereocenters. The maximum atomic E-state index is 4.65. The molecule has 0 bridgehead atoms. The number of nitrogens with zero attached hydrogens (tertiary/aromatic N) is 3. The van der Waals surface area contributed by atoms with Crippen LogP contribution in [0, 0.1) is 5.92 Å². The van der Waals surface area contributed by atoms with Crippen LogP contribution in [0.4, 0.5) is 0 Å². The lowest BCUT2D eigenvalue weighted by molar-refractivity contribution is 0.104. The fourth-order valence-corrected chi connectivity index (χ4v) is 5.77. The van der Waals surface area contributed by atoms with E-state index in [1.165, 1.54) is 28.5 Å². The highest BCUT2D eigenvalue weighted by molar-refractivity contribution is 5.88. The summed E-state index contributed by atoms with van der Waals surface area (Å²) in [5, 5.41) is 1.48. The van der Waals surface area contributed by atoms with Crippen LogP contribution >= 0.6 is 0 Å². The van der Waals surface area contributed by atoms with Crippen LogP contribution in [0.15, 0.2) is 67.1 Å². The Morgan fingerprint density at radius 1 is 1.10 bits per heavy atom. The number of benzene rings is 2. The molecule has 4 nitrogen and oxygen atoms in total. The van der Waals surface area contributed by atoms with Crippen molar-refractivity contribution < 1.29 is 0 Å². The predicted octanol–water partition coefficient (Wildman–Crippen LogP) is 4.69. The zero-order valence-corrected chi connectivity index (χ0v) is 16.8. The van der Waals surface area contributed by atoms with Crippen molar-refractivity contribution in [2.75, 3.05) is 13.6 Å². The van der Waals surface area contributed by atoms with E-state index in [9.17, 15) is 0 Å². The summed E-state index contributed by atoms with van der Waals surface area (Å²) in [6, 6.07) is 17.9. The molecule has 1 aliphatic carbocycles. The standard InChI is InChI=1S/C25H26N4/c1-28-15-17(16-29-11-10-26-25(29)18-6-3-2-4-7-18)12-21-20-8-5-9-22-24(20)19(14-27-22)13-23(21)28/h2-11,14,17,21,23,27H,12-13,15-16H2,1H3/t17-,21-,23-/m1/s1. The molecule has 146 valence electrons. The summed E-state index contributed by atoms with van der Waals surface area (Å²) in [6.45, 7) is 2.16. The van der Waals surface area contributed by atoms with Crippen LogP contribution in [0.5, 0.6) is 0 Å². The summed E-state index contributed by atoms with van der Waals surface area (Å²) in [4.78, 5) is 10.7. The van der Waals surface area contributed by atoms with Crippen LogP contribution in [-0.2, 0) is 13.0 Å². The maximum Gasteiger partial charge on any atom is 0.139 e. The van der Waals surface area contributed by atoms with Gasteiger partial charge in [0.15, 0.2) is 0 Å². The highest BCUT2D eigenvalue weighted by Gasteiger charge is 2.39. The summed E-state index contributed by atoms with van der Waals surface area (Å²) < 4.78 is 2.35. The van der Waals surface area contributed by atoms with Gasteiger partial charge in [0.2, 0.25) is 0 Å². The Morgan fingerprint density at radius 2 is 2.00 bits per heavy atom. The van der Waals surface area contributed by atoms with Gasteiger partial charge in [0, 0.05) is 60.1 Å². The second-order valence-electron chi connectivity index (χ2n) is 8.77. The molecule has 6 rings (SSSR count). The minimum absolute atomic E-state index is 0.606. The minimum atomic E-state index is 0.606. The molecule has 2 aromatic carbocycles. The number of likely N-dealkylation sites (N-methyl/N-ethyl adjacent to an activating group) is 1. The first kappa shape index (κ1) is 17.0. The molecule has 1 fully saturated rings. The number of rotatable bonds is 3. The van der Waals surface area contributed by atoms with E-state index in [1.54, 1.807) is 5.56 Å². The number of H-pyrrole nitrogens is 1. The average molecular weight is 383 g/mol. The van der Waals surface area contributed by atoms with Gasteiger partial charge in [-0.15, -0.1) is 0 Å². The molecule has 1 aliphatic heterocycles. The third-order valence-corrected chi connectivity index (χ3v) is 7.01. The lowest BCUT2D eigenvalue weighted by Crippen LogP contribution is -2.48. The third-order valence-electron chi connectivity index (χ3n) is 7.01. The van der Waals surface area contributed by atoms with Gasteiger partial charge < -0.3 is 14.5 Å². The number of imidazole rings is 1. The average Bonchev–Trinajstić information content (AvgIpc) is 3.38. The van der Waals surface area contributed by atoms with E-state index in [-0.39, 0.29) is 0 Å². The fraction of sp³-hybridized carbons (Fsp3) is 0.320. The van der Waals surface area contributed by atoms with E-state index in [0.29, 0.717) is 17.9 Å². The third kappa shape index (κ3) is 2.74. The first-order valence-corrected chi connectivity index (χ1v) is 10.6. The van der Waals surface area contributed by atoms with Crippen LogP contribution in [0.3, 0.4) is 0 Å². The van der Waals surface area contributed by atoms with Crippen molar-refractivity contribution in [1.29, 1.82) is 0 Å². The predicted molar refractivity (Wildman–Crippen MR) is 117 cm³/mol. The van der Waals surface area contributed by atoms with Crippen LogP contribution in [0.1, 0.15) is 23.5 Å². The Hall–Kier alpha value is -2.85. The van der Waals surface area contributed by atoms with Crippen molar-refractivity contribution in [3.05, 3.63) is 78.2 Å². The Bertz CT molecular complexity index is 1160. The number of aromatic amines is 1. The Kier molecular flexibility index (Phi) is 3.88. The first-order chi connectivity index (χ1) is 14.3. The van der Waals surface area contributed by atoms with Gasteiger partial charge in [-0.3, -0.25) is 0 Å². The second-order valence-corrected chi connectivity index (χ2v) is 8.77. The van der Waals surface area contributed by atoms with E-state index in [1.807, 2.05) is 6.20 Å². The fourth-order valence-electron chi connectivity index (χ4n) is 5.77. The van der Waals surface area contributed by atoms with Crippen molar-refractivity contribution in [3.8, 4) is 11.4 Å². The maximum absolute atomic E-state index is 4.65. The molecular formula is C25H26N4. The zero-order chi connectivity index (χ0) is 19.4. The van der Waals surface area contributed by atoms with Crippen LogP contribution < -0.4 is 0 Å². The summed E-state index contributed by atoms with van der Waals surface area (Å²) >= 11 is 0. The van der Waals surface area contributed by atoms with E-state index in [2.05, 4.69) is 87.4 Å². The first-order valence-electron chi connectivity index (χ1n) is 10.6. The van der Waals surface area contributed by atoms with E-state index < -0.39 is 0 Å². The molecule has 4 heteroatoms. The Morgan fingerprint density at radius 3 is 2.90 bits per heavy atom. The summed E-state index contributed by atoms with van der Waals surface area (Å²) in [5.74, 6) is 2.30. The molecule has 0 amide bonds. The van der Waals surface area contributed by atoms with Gasteiger partial charge in [0.25, 0.3) is 0 Å². The number of piperidine rings is 1. The normalized spacial score (nSPS) is 24.0. The number of hydrogen-bond donors (Lipinski definition) is 1. The van der Waals surface area contributed by atoms with Gasteiger partial charge in [0.1, 0.15) is 5.82 Å². The summed E-state index contributed by atoms with van der Waals surface area (Å²) in [7, 11) is 2.31. The summed E-state index contributed by atoms with van der Waals surface area (Å²) in [5.41, 5.74) is 5.52. The zero-order valence-electron chi connectivity index (χ0n) is 16.8. The molecule has 3 atom stereocenters. The molecule has 1 N–H and O–H groups in total. The van der Waals surface area contributed by atoms with E-state index in [0.717, 1.165) is 25.3 Å². The van der Waals surface area contributed by atoms with Gasteiger partial charge >= 0.3 is 0 Å². The molecule has 2 aromatic heterocycles. The SMILES string of the molecule is CN1C[C@H](Cn2ccnc2-c2ccccc2)C[C@@H]2c3cccc4[nH]cc(c34)C[C@H]21. The Balaban J connectivity index is 1.32. The number of likely N-dealkylation sites (tertiary alicyclic amines) is 1. The smallest absolute Gasteiger partial charge is 0.139 e. The van der Waals surface area contributed by atoms with Crippen molar-refractivity contribution >= 4 is 10.9 Å². The largest absolute Gasteiger partial charge is 0.361 e. The molecule has 29 heavy (non-hydrogen) atoms. The van der Waals surface area contributed by atoms with E-state index >= 15 is 0 Å². The second kappa shape index (κ2) is 6.60. The van der Waals surface area contributed by atoms with E-state index in [4.69, 9.17) is 0 Å². The molecule has 0 radical (unpaired) electrons. The minimum Gasteiger partial charge on any atom is -0.361 e. The van der Waals surface area contributed by atoms with Crippen molar-refractivity contribution in [1.82, 2.24) is 19.4 Å². The number of hydrogen-bond acceptors (Lipinski definition) is 2. The molecule has 0 saturated carbocycles. The summed E-state index contributed by atoms with van der Waals surface area (Å²) in [6.07, 6.45) is 8.70. The molecule has 3 heterocycles.